The van der Waals surface area contributed by atoms with Crippen molar-refractivity contribution >= 4 is 0 Å². The van der Waals surface area contributed by atoms with E-state index < -0.39 is 0 Å². The van der Waals surface area contributed by atoms with E-state index in [4.69, 9.17) is 9.15 Å². The molecule has 0 amide bonds. The summed E-state index contributed by atoms with van der Waals surface area (Å²) in [6.45, 7) is 4.59. The lowest BCUT2D eigenvalue weighted by Crippen LogP contribution is -2.12. The number of para-hydroxylation sites is 1. The number of nitrogens with one attached hydrogen (secondary N) is 1. The van der Waals surface area contributed by atoms with Crippen molar-refractivity contribution in [3.8, 4) is 16.9 Å². The van der Waals surface area contributed by atoms with Gasteiger partial charge in [0.25, 0.3) is 0 Å². The van der Waals surface area contributed by atoms with E-state index in [0.29, 0.717) is 0 Å². The van der Waals surface area contributed by atoms with E-state index in [2.05, 4.69) is 30.4 Å². The number of ether oxygens (including phenoxy) is 1. The smallest absolute Gasteiger partial charge is 0.130 e. The zero-order valence-corrected chi connectivity index (χ0v) is 11.2. The Labute approximate surface area is 113 Å². The molecular weight excluding hydrogens is 238 g/mol. The molecule has 0 saturated heterocycles. The van der Waals surface area contributed by atoms with Crippen molar-refractivity contribution < 1.29 is 9.15 Å². The van der Waals surface area contributed by atoms with E-state index in [9.17, 15) is 0 Å². The first-order valence-electron chi connectivity index (χ1n) is 6.92. The molecule has 1 aromatic heterocycles. The van der Waals surface area contributed by atoms with Crippen molar-refractivity contribution in [2.45, 2.75) is 26.3 Å². The lowest BCUT2D eigenvalue weighted by Gasteiger charge is -2.20. The van der Waals surface area contributed by atoms with E-state index in [1.165, 1.54) is 5.56 Å². The van der Waals surface area contributed by atoms with Gasteiger partial charge in [0.05, 0.1) is 19.4 Å². The highest BCUT2D eigenvalue weighted by Crippen LogP contribution is 2.38. The molecule has 1 aliphatic rings. The van der Waals surface area contributed by atoms with Crippen LogP contribution in [-0.4, -0.2) is 13.2 Å². The van der Waals surface area contributed by atoms with Crippen LogP contribution in [0.3, 0.4) is 0 Å². The molecule has 2 heterocycles. The van der Waals surface area contributed by atoms with Crippen LogP contribution in [0, 0.1) is 0 Å². The largest absolute Gasteiger partial charge is 0.493 e. The molecule has 0 fully saturated rings. The molecule has 19 heavy (non-hydrogen) atoms. The highest BCUT2D eigenvalue weighted by Gasteiger charge is 2.18. The predicted molar refractivity (Wildman–Crippen MR) is 75.3 cm³/mol. The monoisotopic (exact) mass is 257 g/mol. The summed E-state index contributed by atoms with van der Waals surface area (Å²) in [7, 11) is 0. The Hall–Kier alpha value is -1.74. The second-order valence-electron chi connectivity index (χ2n) is 4.78. The maximum Gasteiger partial charge on any atom is 0.130 e. The molecule has 0 aliphatic carbocycles. The number of furan rings is 1. The van der Waals surface area contributed by atoms with E-state index in [1.807, 2.05) is 6.07 Å². The summed E-state index contributed by atoms with van der Waals surface area (Å²) >= 11 is 0. The number of benzene rings is 1. The minimum atomic E-state index is 0.752. The van der Waals surface area contributed by atoms with E-state index >= 15 is 0 Å². The summed E-state index contributed by atoms with van der Waals surface area (Å²) in [6.07, 6.45) is 3.96. The van der Waals surface area contributed by atoms with Gasteiger partial charge in [-0.2, -0.15) is 0 Å². The molecule has 0 spiro atoms. The van der Waals surface area contributed by atoms with Gasteiger partial charge in [-0.1, -0.05) is 25.1 Å². The van der Waals surface area contributed by atoms with Crippen LogP contribution in [0.5, 0.6) is 5.75 Å². The fourth-order valence-corrected chi connectivity index (χ4v) is 2.56. The normalized spacial score (nSPS) is 13.9. The van der Waals surface area contributed by atoms with Crippen molar-refractivity contribution in [3.05, 3.63) is 41.9 Å². The Morgan fingerprint density at radius 3 is 3.05 bits per heavy atom. The highest BCUT2D eigenvalue weighted by atomic mass is 16.5. The maximum atomic E-state index is 5.88. The molecule has 0 radical (unpaired) electrons. The van der Waals surface area contributed by atoms with Gasteiger partial charge < -0.3 is 14.5 Å². The number of fused-ring (bicyclic) bond motifs is 1. The third kappa shape index (κ3) is 2.38. The van der Waals surface area contributed by atoms with Crippen LogP contribution >= 0.6 is 0 Å². The van der Waals surface area contributed by atoms with Crippen LogP contribution in [0.2, 0.25) is 0 Å². The lowest BCUT2D eigenvalue weighted by molar-refractivity contribution is 0.289. The molecule has 0 atom stereocenters. The second-order valence-corrected chi connectivity index (χ2v) is 4.78. The van der Waals surface area contributed by atoms with Gasteiger partial charge in [-0.25, -0.2) is 0 Å². The first kappa shape index (κ1) is 12.3. The topological polar surface area (TPSA) is 34.4 Å². The van der Waals surface area contributed by atoms with Crippen LogP contribution in [-0.2, 0) is 13.0 Å². The molecule has 2 aromatic rings. The molecule has 1 aromatic carbocycles. The summed E-state index contributed by atoms with van der Waals surface area (Å²) in [5, 5.41) is 3.31. The SMILES string of the molecule is CCNCc1occc1-c1cccc2c1OCCC2. The number of rotatable bonds is 4. The Kier molecular flexibility index (Phi) is 3.56. The quantitative estimate of drug-likeness (QED) is 0.911. The molecule has 1 N–H and O–H groups in total. The average molecular weight is 257 g/mol. The Bertz CT molecular complexity index is 560. The van der Waals surface area contributed by atoms with Crippen LogP contribution in [0.15, 0.2) is 34.9 Å². The molecule has 100 valence electrons. The van der Waals surface area contributed by atoms with E-state index in [1.54, 1.807) is 6.26 Å². The van der Waals surface area contributed by atoms with Crippen molar-refractivity contribution in [2.75, 3.05) is 13.2 Å². The van der Waals surface area contributed by atoms with E-state index in [0.717, 1.165) is 55.2 Å². The summed E-state index contributed by atoms with van der Waals surface area (Å²) in [6, 6.07) is 8.40. The fraction of sp³-hybridized carbons (Fsp3) is 0.375. The van der Waals surface area contributed by atoms with Crippen LogP contribution < -0.4 is 10.1 Å². The van der Waals surface area contributed by atoms with Crippen molar-refractivity contribution in [2.24, 2.45) is 0 Å². The van der Waals surface area contributed by atoms with Crippen molar-refractivity contribution in [3.63, 3.8) is 0 Å². The zero-order chi connectivity index (χ0) is 13.1. The zero-order valence-electron chi connectivity index (χ0n) is 11.2. The van der Waals surface area contributed by atoms with Gasteiger partial charge in [0.1, 0.15) is 11.5 Å². The highest BCUT2D eigenvalue weighted by molar-refractivity contribution is 5.74. The first-order valence-corrected chi connectivity index (χ1v) is 6.92. The van der Waals surface area contributed by atoms with Crippen LogP contribution in [0.25, 0.3) is 11.1 Å². The van der Waals surface area contributed by atoms with Gasteiger partial charge in [-0.05, 0) is 31.0 Å². The Balaban J connectivity index is 2.00. The Morgan fingerprint density at radius 2 is 2.16 bits per heavy atom. The molecule has 1 aliphatic heterocycles. The third-order valence-electron chi connectivity index (χ3n) is 3.50. The molecule has 3 heteroatoms. The molecule has 3 nitrogen and oxygen atoms in total. The summed E-state index contributed by atoms with van der Waals surface area (Å²) in [4.78, 5) is 0. The fourth-order valence-electron chi connectivity index (χ4n) is 2.56. The molecule has 0 bridgehead atoms. The summed E-state index contributed by atoms with van der Waals surface area (Å²) in [5.74, 6) is 2.01. The number of hydrogen-bond donors (Lipinski definition) is 1. The van der Waals surface area contributed by atoms with Crippen LogP contribution in [0.1, 0.15) is 24.7 Å². The standard InChI is InChI=1S/C16H19NO2/c1-2-17-11-15-13(8-10-18-15)14-7-3-5-12-6-4-9-19-16(12)14/h3,5,7-8,10,17H,2,4,6,9,11H2,1H3. The first-order chi connectivity index (χ1) is 9.40. The van der Waals surface area contributed by atoms with Gasteiger partial charge >= 0.3 is 0 Å². The third-order valence-corrected chi connectivity index (χ3v) is 3.50. The van der Waals surface area contributed by atoms with Gasteiger partial charge in [0.2, 0.25) is 0 Å². The lowest BCUT2D eigenvalue weighted by atomic mass is 9.98. The summed E-state index contributed by atoms with van der Waals surface area (Å²) in [5.41, 5.74) is 3.60. The van der Waals surface area contributed by atoms with Gasteiger partial charge in [-0.3, -0.25) is 0 Å². The van der Waals surface area contributed by atoms with Gasteiger partial charge in [-0.15, -0.1) is 0 Å². The van der Waals surface area contributed by atoms with Crippen molar-refractivity contribution in [1.82, 2.24) is 5.32 Å². The van der Waals surface area contributed by atoms with Gasteiger partial charge in [0, 0.05) is 11.1 Å². The van der Waals surface area contributed by atoms with E-state index in [-0.39, 0.29) is 0 Å². The minimum Gasteiger partial charge on any atom is -0.493 e. The van der Waals surface area contributed by atoms with Crippen molar-refractivity contribution in [1.29, 1.82) is 0 Å². The Morgan fingerprint density at radius 1 is 1.21 bits per heavy atom. The second kappa shape index (κ2) is 5.49. The molecule has 3 rings (SSSR count). The van der Waals surface area contributed by atoms with Gasteiger partial charge in [0.15, 0.2) is 0 Å². The molecule has 0 saturated carbocycles. The van der Waals surface area contributed by atoms with Crippen LogP contribution in [0.4, 0.5) is 0 Å². The summed E-state index contributed by atoms with van der Waals surface area (Å²) < 4.78 is 11.5. The number of aryl methyl sites for hydroxylation is 1. The number of hydrogen-bond acceptors (Lipinski definition) is 3. The molecule has 0 unspecified atom stereocenters. The average Bonchev–Trinajstić information content (AvgIpc) is 2.92. The maximum absolute atomic E-state index is 5.88. The predicted octanol–water partition coefficient (Wildman–Crippen LogP) is 3.38. The molecular formula is C16H19NO2. The minimum absolute atomic E-state index is 0.752.